The molecule has 0 aromatic heterocycles. The molecule has 0 spiro atoms. The van der Waals surface area contributed by atoms with E-state index in [0.717, 1.165) is 11.1 Å². The Hall–Kier alpha value is -2.88. The molecule has 2 rings (SSSR count). The maximum Gasteiger partial charge on any atom is 0.307 e. The summed E-state index contributed by atoms with van der Waals surface area (Å²) in [6.07, 6.45) is 3.37. The number of hydrogen-bond donors (Lipinski definition) is 1. The molecule has 0 saturated carbocycles. The van der Waals surface area contributed by atoms with Crippen molar-refractivity contribution in [3.8, 4) is 0 Å². The third-order valence-corrected chi connectivity index (χ3v) is 3.01. The van der Waals surface area contributed by atoms with Crippen molar-refractivity contribution in [3.05, 3.63) is 77.9 Å². The highest BCUT2D eigenvalue weighted by Gasteiger charge is 2.06. The second kappa shape index (κ2) is 10.8. The van der Waals surface area contributed by atoms with Crippen molar-refractivity contribution in [1.82, 2.24) is 0 Å². The van der Waals surface area contributed by atoms with Crippen LogP contribution in [0.15, 0.2) is 66.7 Å². The monoisotopic (exact) mass is 326 g/mol. The molecule has 0 aliphatic rings. The summed E-state index contributed by atoms with van der Waals surface area (Å²) in [7, 11) is 0. The summed E-state index contributed by atoms with van der Waals surface area (Å²) in [5, 5.41) is 8.34. The largest absolute Gasteiger partial charge is 0.481 e. The van der Waals surface area contributed by atoms with Gasteiger partial charge in [-0.05, 0) is 18.1 Å². The highest BCUT2D eigenvalue weighted by atomic mass is 16.5. The number of benzene rings is 2. The van der Waals surface area contributed by atoms with E-state index in [9.17, 15) is 9.59 Å². The molecule has 1 unspecified atom stereocenters. The van der Waals surface area contributed by atoms with Gasteiger partial charge in [0.05, 0.1) is 6.42 Å². The van der Waals surface area contributed by atoms with Gasteiger partial charge in [0, 0.05) is 6.92 Å². The Morgan fingerprint density at radius 1 is 1.04 bits per heavy atom. The van der Waals surface area contributed by atoms with Crippen molar-refractivity contribution in [2.45, 2.75) is 26.4 Å². The summed E-state index contributed by atoms with van der Waals surface area (Å²) in [5.41, 5.74) is 2.05. The Balaban J connectivity index is 0.000000240. The van der Waals surface area contributed by atoms with Gasteiger partial charge in [-0.2, -0.15) is 0 Å². The molecule has 2 aromatic rings. The van der Waals surface area contributed by atoms with Gasteiger partial charge in [-0.3, -0.25) is 9.59 Å². The first-order valence-corrected chi connectivity index (χ1v) is 7.64. The molecule has 0 fully saturated rings. The van der Waals surface area contributed by atoms with Crippen LogP contribution in [-0.2, 0) is 14.3 Å². The van der Waals surface area contributed by atoms with E-state index in [1.54, 1.807) is 12.2 Å². The molecule has 0 amide bonds. The van der Waals surface area contributed by atoms with Gasteiger partial charge in [-0.25, -0.2) is 0 Å². The van der Waals surface area contributed by atoms with Gasteiger partial charge in [0.25, 0.3) is 0 Å². The van der Waals surface area contributed by atoms with Crippen molar-refractivity contribution in [3.63, 3.8) is 0 Å². The Morgan fingerprint density at radius 3 is 2.08 bits per heavy atom. The van der Waals surface area contributed by atoms with Crippen LogP contribution in [0.25, 0.3) is 6.08 Å². The van der Waals surface area contributed by atoms with Gasteiger partial charge in [0.1, 0.15) is 6.10 Å². The van der Waals surface area contributed by atoms with Gasteiger partial charge in [0.15, 0.2) is 0 Å². The number of carboxylic acids is 1. The minimum Gasteiger partial charge on any atom is -0.481 e. The van der Waals surface area contributed by atoms with Crippen LogP contribution in [-0.4, -0.2) is 17.0 Å². The number of carbonyl (C=O) groups excluding carboxylic acids is 1. The van der Waals surface area contributed by atoms with Crippen LogP contribution in [0.3, 0.4) is 0 Å². The molecule has 4 nitrogen and oxygen atoms in total. The molecule has 2 aromatic carbocycles. The average Bonchev–Trinajstić information content (AvgIpc) is 2.56. The third kappa shape index (κ3) is 8.54. The standard InChI is InChI=1S/C10H12O2.C10H10O2/c1-8(12-9(2)11)10-6-4-3-5-7-10;11-10(12)8-4-7-9-5-2-1-3-6-9/h3-8H,1-2H3;1-7H,8H2,(H,11,12). The van der Waals surface area contributed by atoms with Gasteiger partial charge in [-0.15, -0.1) is 0 Å². The second-order valence-corrected chi connectivity index (χ2v) is 5.07. The molecule has 24 heavy (non-hydrogen) atoms. The van der Waals surface area contributed by atoms with Gasteiger partial charge in [0.2, 0.25) is 0 Å². The van der Waals surface area contributed by atoms with Crippen LogP contribution in [0.1, 0.15) is 37.5 Å². The van der Waals surface area contributed by atoms with Crippen LogP contribution in [0.5, 0.6) is 0 Å². The van der Waals surface area contributed by atoms with E-state index in [2.05, 4.69) is 0 Å². The molecule has 0 aliphatic heterocycles. The average molecular weight is 326 g/mol. The normalized spacial score (nSPS) is 11.2. The molecule has 126 valence electrons. The predicted molar refractivity (Wildman–Crippen MR) is 94.4 cm³/mol. The number of ether oxygens (including phenoxy) is 1. The third-order valence-electron chi connectivity index (χ3n) is 3.01. The van der Waals surface area contributed by atoms with Crippen LogP contribution < -0.4 is 0 Å². The zero-order valence-corrected chi connectivity index (χ0v) is 13.9. The van der Waals surface area contributed by atoms with Crippen molar-refractivity contribution in [2.24, 2.45) is 0 Å². The van der Waals surface area contributed by atoms with E-state index in [4.69, 9.17) is 9.84 Å². The highest BCUT2D eigenvalue weighted by Crippen LogP contribution is 2.15. The first-order chi connectivity index (χ1) is 11.5. The molecule has 0 aliphatic carbocycles. The quantitative estimate of drug-likeness (QED) is 0.823. The number of carboxylic acid groups (broad SMARTS) is 1. The maximum atomic E-state index is 10.6. The van der Waals surface area contributed by atoms with E-state index in [1.807, 2.05) is 67.6 Å². The number of hydrogen-bond acceptors (Lipinski definition) is 3. The maximum absolute atomic E-state index is 10.6. The summed E-state index contributed by atoms with van der Waals surface area (Å²) >= 11 is 0. The number of rotatable bonds is 5. The lowest BCUT2D eigenvalue weighted by Gasteiger charge is -2.11. The number of esters is 1. The van der Waals surface area contributed by atoms with Gasteiger partial charge >= 0.3 is 11.9 Å². The fourth-order valence-corrected chi connectivity index (χ4v) is 1.90. The highest BCUT2D eigenvalue weighted by molar-refractivity contribution is 5.70. The lowest BCUT2D eigenvalue weighted by molar-refractivity contribution is -0.145. The first-order valence-electron chi connectivity index (χ1n) is 7.64. The first kappa shape index (κ1) is 19.2. The van der Waals surface area contributed by atoms with E-state index in [-0.39, 0.29) is 18.5 Å². The van der Waals surface area contributed by atoms with E-state index in [0.29, 0.717) is 0 Å². The summed E-state index contributed by atoms with van der Waals surface area (Å²) in [4.78, 5) is 20.7. The molecular formula is C20H22O4. The zero-order chi connectivity index (χ0) is 17.8. The summed E-state index contributed by atoms with van der Waals surface area (Å²) in [5.74, 6) is -1.05. The lowest BCUT2D eigenvalue weighted by Crippen LogP contribution is -2.04. The summed E-state index contributed by atoms with van der Waals surface area (Å²) in [6.45, 7) is 3.27. The van der Waals surface area contributed by atoms with Gasteiger partial charge in [-0.1, -0.05) is 72.8 Å². The Kier molecular flexibility index (Phi) is 8.61. The predicted octanol–water partition coefficient (Wildman–Crippen LogP) is 4.49. The molecule has 0 saturated heterocycles. The molecule has 1 N–H and O–H groups in total. The Morgan fingerprint density at radius 2 is 1.58 bits per heavy atom. The van der Waals surface area contributed by atoms with Crippen molar-refractivity contribution in [2.75, 3.05) is 0 Å². The molecule has 0 heterocycles. The molecule has 4 heteroatoms. The zero-order valence-electron chi connectivity index (χ0n) is 13.9. The van der Waals surface area contributed by atoms with Crippen LogP contribution in [0.4, 0.5) is 0 Å². The fourth-order valence-electron chi connectivity index (χ4n) is 1.90. The van der Waals surface area contributed by atoms with Crippen molar-refractivity contribution >= 4 is 18.0 Å². The number of aliphatic carboxylic acids is 1. The smallest absolute Gasteiger partial charge is 0.307 e. The Labute approximate surface area is 142 Å². The summed E-state index contributed by atoms with van der Waals surface area (Å²) in [6, 6.07) is 19.3. The fraction of sp³-hybridized carbons (Fsp3) is 0.200. The minimum absolute atomic E-state index is 0.0783. The van der Waals surface area contributed by atoms with E-state index in [1.165, 1.54) is 6.92 Å². The molecular weight excluding hydrogens is 304 g/mol. The number of carbonyl (C=O) groups is 2. The van der Waals surface area contributed by atoms with Crippen LogP contribution in [0.2, 0.25) is 0 Å². The minimum atomic E-state index is -0.804. The Bertz CT molecular complexity index is 648. The lowest BCUT2D eigenvalue weighted by atomic mass is 10.1. The molecule has 0 radical (unpaired) electrons. The van der Waals surface area contributed by atoms with Crippen LogP contribution >= 0.6 is 0 Å². The van der Waals surface area contributed by atoms with E-state index >= 15 is 0 Å². The molecule has 0 bridgehead atoms. The molecule has 1 atom stereocenters. The van der Waals surface area contributed by atoms with Crippen LogP contribution in [0, 0.1) is 0 Å². The van der Waals surface area contributed by atoms with Gasteiger partial charge < -0.3 is 9.84 Å². The second-order valence-electron chi connectivity index (χ2n) is 5.07. The summed E-state index contributed by atoms with van der Waals surface area (Å²) < 4.78 is 5.00. The topological polar surface area (TPSA) is 63.6 Å². The SMILES string of the molecule is CC(=O)OC(C)c1ccccc1.O=C(O)CC=Cc1ccccc1. The van der Waals surface area contributed by atoms with E-state index < -0.39 is 5.97 Å². The van der Waals surface area contributed by atoms with Crippen molar-refractivity contribution < 1.29 is 19.4 Å². The van der Waals surface area contributed by atoms with Crippen molar-refractivity contribution in [1.29, 1.82) is 0 Å².